The van der Waals surface area contributed by atoms with E-state index >= 15 is 0 Å². The van der Waals surface area contributed by atoms with Crippen LogP contribution in [-0.4, -0.2) is 17.4 Å². The number of hydrazine groups is 1. The first-order valence-electron chi connectivity index (χ1n) is 3.22. The molecule has 1 atom stereocenters. The van der Waals surface area contributed by atoms with Gasteiger partial charge in [-0.05, 0) is 6.92 Å². The van der Waals surface area contributed by atoms with Crippen LogP contribution in [0.25, 0.3) is 0 Å². The summed E-state index contributed by atoms with van der Waals surface area (Å²) >= 11 is 3.91. The molecule has 0 aliphatic heterocycles. The molecule has 0 spiro atoms. The Bertz CT molecular complexity index is 161. The molecule has 0 radical (unpaired) electrons. The maximum Gasteiger partial charge on any atom is 0.238 e. The SMILES string of the molecule is CC(=O)CC(CS)C(=O)NN. The molecule has 1 amide bonds. The monoisotopic (exact) mass is 176 g/mol. The number of hydrogen-bond donors (Lipinski definition) is 3. The predicted molar refractivity (Wildman–Crippen MR) is 45.0 cm³/mol. The van der Waals surface area contributed by atoms with Crippen molar-refractivity contribution in [2.75, 3.05) is 5.75 Å². The Morgan fingerprint density at radius 2 is 2.18 bits per heavy atom. The van der Waals surface area contributed by atoms with E-state index < -0.39 is 5.92 Å². The highest BCUT2D eigenvalue weighted by Crippen LogP contribution is 2.05. The van der Waals surface area contributed by atoms with Crippen molar-refractivity contribution in [2.45, 2.75) is 13.3 Å². The highest BCUT2D eigenvalue weighted by Gasteiger charge is 2.16. The van der Waals surface area contributed by atoms with Crippen LogP contribution in [0, 0.1) is 5.92 Å². The van der Waals surface area contributed by atoms with Crippen molar-refractivity contribution in [1.82, 2.24) is 5.43 Å². The minimum atomic E-state index is -0.402. The summed E-state index contributed by atoms with van der Waals surface area (Å²) in [6.07, 6.45) is 0.201. The Morgan fingerprint density at radius 3 is 2.45 bits per heavy atom. The van der Waals surface area contributed by atoms with Crippen molar-refractivity contribution in [2.24, 2.45) is 11.8 Å². The Hall–Kier alpha value is -0.550. The summed E-state index contributed by atoms with van der Waals surface area (Å²) in [4.78, 5) is 21.4. The van der Waals surface area contributed by atoms with Crippen LogP contribution in [0.1, 0.15) is 13.3 Å². The summed E-state index contributed by atoms with van der Waals surface area (Å²) in [7, 11) is 0. The Labute approximate surface area is 70.9 Å². The number of carbonyl (C=O) groups is 2. The first kappa shape index (κ1) is 10.4. The number of rotatable bonds is 4. The highest BCUT2D eigenvalue weighted by molar-refractivity contribution is 7.80. The fourth-order valence-electron chi connectivity index (χ4n) is 0.705. The van der Waals surface area contributed by atoms with Crippen LogP contribution in [0.2, 0.25) is 0 Å². The van der Waals surface area contributed by atoms with E-state index in [4.69, 9.17) is 5.84 Å². The number of ketones is 1. The topological polar surface area (TPSA) is 72.2 Å². The molecule has 0 aliphatic rings. The lowest BCUT2D eigenvalue weighted by Crippen LogP contribution is -2.37. The number of Topliss-reactive ketones (excluding diaryl/α,β-unsaturated/α-hetero) is 1. The molecule has 64 valence electrons. The van der Waals surface area contributed by atoms with E-state index in [1.165, 1.54) is 6.92 Å². The van der Waals surface area contributed by atoms with Gasteiger partial charge in [-0.15, -0.1) is 0 Å². The molecule has 0 aromatic rings. The molecule has 4 nitrogen and oxygen atoms in total. The van der Waals surface area contributed by atoms with Crippen molar-refractivity contribution >= 4 is 24.3 Å². The maximum atomic E-state index is 10.8. The summed E-state index contributed by atoms with van der Waals surface area (Å²) in [5, 5.41) is 0. The van der Waals surface area contributed by atoms with Gasteiger partial charge in [-0.3, -0.25) is 10.2 Å². The highest BCUT2D eigenvalue weighted by atomic mass is 32.1. The molecular weight excluding hydrogens is 164 g/mol. The van der Waals surface area contributed by atoms with E-state index in [1.54, 1.807) is 0 Å². The lowest BCUT2D eigenvalue weighted by Gasteiger charge is -2.09. The minimum Gasteiger partial charge on any atom is -0.300 e. The van der Waals surface area contributed by atoms with Gasteiger partial charge in [0.15, 0.2) is 0 Å². The fraction of sp³-hybridized carbons (Fsp3) is 0.667. The average molecular weight is 176 g/mol. The first-order chi connectivity index (χ1) is 5.11. The van der Waals surface area contributed by atoms with E-state index in [0.29, 0.717) is 5.75 Å². The average Bonchev–Trinajstić information content (AvgIpc) is 1.98. The van der Waals surface area contributed by atoms with E-state index in [0.717, 1.165) is 0 Å². The van der Waals surface area contributed by atoms with Crippen LogP contribution in [-0.2, 0) is 9.59 Å². The molecule has 0 rings (SSSR count). The Balaban J connectivity index is 3.94. The summed E-state index contributed by atoms with van der Waals surface area (Å²) in [5.74, 6) is 4.44. The summed E-state index contributed by atoms with van der Waals surface area (Å²) in [6, 6.07) is 0. The van der Waals surface area contributed by atoms with Gasteiger partial charge in [-0.25, -0.2) is 5.84 Å². The number of amides is 1. The van der Waals surface area contributed by atoms with E-state index in [9.17, 15) is 9.59 Å². The zero-order valence-corrected chi connectivity index (χ0v) is 7.23. The van der Waals surface area contributed by atoms with Gasteiger partial charge in [0.25, 0.3) is 0 Å². The number of carbonyl (C=O) groups excluding carboxylic acids is 2. The number of thiol groups is 1. The second-order valence-corrected chi connectivity index (χ2v) is 2.66. The van der Waals surface area contributed by atoms with Crippen LogP contribution in [0.4, 0.5) is 0 Å². The molecule has 0 saturated heterocycles. The minimum absolute atomic E-state index is 0.0346. The van der Waals surface area contributed by atoms with Crippen molar-refractivity contribution in [3.63, 3.8) is 0 Å². The zero-order valence-electron chi connectivity index (χ0n) is 6.33. The molecule has 0 heterocycles. The number of hydrogen-bond acceptors (Lipinski definition) is 4. The van der Waals surface area contributed by atoms with Gasteiger partial charge in [-0.1, -0.05) is 0 Å². The number of nitrogens with two attached hydrogens (primary N) is 1. The normalized spacial score (nSPS) is 12.3. The maximum absolute atomic E-state index is 10.8. The van der Waals surface area contributed by atoms with Crippen molar-refractivity contribution in [3.8, 4) is 0 Å². The molecule has 1 unspecified atom stereocenters. The quantitative estimate of drug-likeness (QED) is 0.234. The van der Waals surface area contributed by atoms with Crippen LogP contribution in [0.15, 0.2) is 0 Å². The second-order valence-electron chi connectivity index (χ2n) is 2.29. The lowest BCUT2D eigenvalue weighted by atomic mass is 10.1. The summed E-state index contributed by atoms with van der Waals surface area (Å²) < 4.78 is 0. The van der Waals surface area contributed by atoms with Gasteiger partial charge in [0, 0.05) is 12.2 Å². The molecule has 0 aliphatic carbocycles. The van der Waals surface area contributed by atoms with E-state index in [1.807, 2.05) is 5.43 Å². The van der Waals surface area contributed by atoms with Crippen molar-refractivity contribution in [3.05, 3.63) is 0 Å². The van der Waals surface area contributed by atoms with Crippen LogP contribution < -0.4 is 11.3 Å². The molecule has 0 aromatic heterocycles. The van der Waals surface area contributed by atoms with E-state index in [2.05, 4.69) is 12.6 Å². The third-order valence-electron chi connectivity index (χ3n) is 1.27. The Kier molecular flexibility index (Phi) is 4.89. The third kappa shape index (κ3) is 4.00. The van der Waals surface area contributed by atoms with Crippen LogP contribution >= 0.6 is 12.6 Å². The predicted octanol–water partition coefficient (Wildman–Crippen LogP) is -0.499. The van der Waals surface area contributed by atoms with Crippen LogP contribution in [0.5, 0.6) is 0 Å². The Morgan fingerprint density at radius 1 is 1.64 bits per heavy atom. The summed E-state index contributed by atoms with van der Waals surface area (Å²) in [5.41, 5.74) is 1.98. The largest absolute Gasteiger partial charge is 0.300 e. The van der Waals surface area contributed by atoms with Gasteiger partial charge in [0.05, 0.1) is 5.92 Å². The molecule has 0 saturated carbocycles. The second kappa shape index (κ2) is 5.15. The van der Waals surface area contributed by atoms with Gasteiger partial charge < -0.3 is 4.79 Å². The number of nitrogens with one attached hydrogen (secondary N) is 1. The van der Waals surface area contributed by atoms with E-state index in [-0.39, 0.29) is 18.1 Å². The van der Waals surface area contributed by atoms with Gasteiger partial charge in [-0.2, -0.15) is 12.6 Å². The van der Waals surface area contributed by atoms with Crippen molar-refractivity contribution < 1.29 is 9.59 Å². The zero-order chi connectivity index (χ0) is 8.85. The molecule has 0 bridgehead atoms. The first-order valence-corrected chi connectivity index (χ1v) is 3.85. The molecule has 11 heavy (non-hydrogen) atoms. The van der Waals surface area contributed by atoms with Gasteiger partial charge >= 0.3 is 0 Å². The molecule has 3 N–H and O–H groups in total. The molecule has 0 aromatic carbocycles. The summed E-state index contributed by atoms with van der Waals surface area (Å²) in [6.45, 7) is 1.43. The molecule has 0 fully saturated rings. The standard InChI is InChI=1S/C6H12N2O2S/c1-4(9)2-5(3-11)6(10)8-7/h5,11H,2-3,7H2,1H3,(H,8,10). The van der Waals surface area contributed by atoms with Gasteiger partial charge in [0.1, 0.15) is 5.78 Å². The molecule has 5 heteroatoms. The lowest BCUT2D eigenvalue weighted by molar-refractivity contribution is -0.128. The van der Waals surface area contributed by atoms with Crippen molar-refractivity contribution in [1.29, 1.82) is 0 Å². The smallest absolute Gasteiger partial charge is 0.238 e. The van der Waals surface area contributed by atoms with Crippen LogP contribution in [0.3, 0.4) is 0 Å². The van der Waals surface area contributed by atoms with Gasteiger partial charge in [0.2, 0.25) is 5.91 Å². The molecular formula is C6H12N2O2S. The third-order valence-corrected chi connectivity index (χ3v) is 1.71. The fourth-order valence-corrected chi connectivity index (χ4v) is 1.000.